The number of ether oxygens (including phenoxy) is 1. The smallest absolute Gasteiger partial charge is 0.142 e. The Morgan fingerprint density at radius 2 is 1.80 bits per heavy atom. The number of hydrogen-bond donors (Lipinski definition) is 1. The van der Waals surface area contributed by atoms with Gasteiger partial charge in [-0.1, -0.05) is 29.8 Å². The normalized spacial score (nSPS) is 12.8. The van der Waals surface area contributed by atoms with Crippen LogP contribution in [0.25, 0.3) is 10.2 Å². The molecular formula is C23H21Cl2N3OS. The molecule has 0 atom stereocenters. The number of aromatic nitrogens is 2. The lowest BCUT2D eigenvalue weighted by Crippen LogP contribution is -2.01. The van der Waals surface area contributed by atoms with Crippen molar-refractivity contribution in [2.45, 2.75) is 32.3 Å². The molecule has 2 heterocycles. The first-order valence-electron chi connectivity index (χ1n) is 9.76. The average Bonchev–Trinajstić information content (AvgIpc) is 3.14. The second-order valence-corrected chi connectivity index (χ2v) is 8.63. The highest BCUT2D eigenvalue weighted by atomic mass is 35.5. The van der Waals surface area contributed by atoms with E-state index in [1.165, 1.54) is 28.7 Å². The molecule has 5 rings (SSSR count). The van der Waals surface area contributed by atoms with Gasteiger partial charge >= 0.3 is 0 Å². The molecule has 2 aromatic heterocycles. The molecule has 4 aromatic rings. The van der Waals surface area contributed by atoms with Crippen LogP contribution in [0.4, 0.5) is 11.5 Å². The standard InChI is InChI=1S/C23H20ClN3OS.ClH/c24-19-7-3-1-5-15(19)13-28-17-11-9-16(10-12-17)27-22-21-18-6-2-4-8-20(18)29-23(21)26-14-25-22;/h1,3,5,7,9-12,14H,2,4,6,8,13H2,(H,25,26,27);1H. The SMILES string of the molecule is Cl.Clc1ccccc1COc1ccc(Nc2ncnc3sc4c(c23)CCCC4)cc1. The number of benzene rings is 2. The van der Waals surface area contributed by atoms with Gasteiger partial charge in [-0.3, -0.25) is 0 Å². The molecule has 4 nitrogen and oxygen atoms in total. The Morgan fingerprint density at radius 3 is 2.63 bits per heavy atom. The number of rotatable bonds is 5. The second kappa shape index (κ2) is 9.21. The number of aryl methyl sites for hydroxylation is 2. The van der Waals surface area contributed by atoms with Gasteiger partial charge in [-0.15, -0.1) is 23.7 Å². The van der Waals surface area contributed by atoms with Crippen molar-refractivity contribution < 1.29 is 4.74 Å². The number of hydrogen-bond acceptors (Lipinski definition) is 5. The summed E-state index contributed by atoms with van der Waals surface area (Å²) in [5.74, 6) is 1.69. The van der Waals surface area contributed by atoms with Crippen LogP contribution in [0.2, 0.25) is 5.02 Å². The van der Waals surface area contributed by atoms with Crippen LogP contribution in [0.1, 0.15) is 28.8 Å². The third kappa shape index (κ3) is 4.24. The largest absolute Gasteiger partial charge is 0.489 e. The summed E-state index contributed by atoms with van der Waals surface area (Å²) in [7, 11) is 0. The average molecular weight is 458 g/mol. The van der Waals surface area contributed by atoms with E-state index in [1.807, 2.05) is 59.9 Å². The first-order chi connectivity index (χ1) is 14.3. The molecule has 154 valence electrons. The minimum atomic E-state index is 0. The number of anilines is 2. The van der Waals surface area contributed by atoms with E-state index in [0.717, 1.165) is 45.5 Å². The molecule has 0 aliphatic heterocycles. The molecule has 2 aromatic carbocycles. The Morgan fingerprint density at radius 1 is 1.00 bits per heavy atom. The fourth-order valence-electron chi connectivity index (χ4n) is 3.73. The maximum Gasteiger partial charge on any atom is 0.142 e. The summed E-state index contributed by atoms with van der Waals surface area (Å²) in [5.41, 5.74) is 3.38. The molecule has 0 fully saturated rings. The first-order valence-corrected chi connectivity index (χ1v) is 11.0. The van der Waals surface area contributed by atoms with Crippen molar-refractivity contribution in [1.82, 2.24) is 9.97 Å². The van der Waals surface area contributed by atoms with E-state index in [4.69, 9.17) is 16.3 Å². The van der Waals surface area contributed by atoms with Gasteiger partial charge in [-0.2, -0.15) is 0 Å². The Hall–Kier alpha value is -2.34. The highest BCUT2D eigenvalue weighted by Gasteiger charge is 2.19. The van der Waals surface area contributed by atoms with Gasteiger partial charge in [0.1, 0.15) is 29.3 Å². The molecule has 1 aliphatic carbocycles. The van der Waals surface area contributed by atoms with Crippen molar-refractivity contribution in [2.75, 3.05) is 5.32 Å². The molecule has 30 heavy (non-hydrogen) atoms. The predicted octanol–water partition coefficient (Wildman–Crippen LogP) is 6.97. The van der Waals surface area contributed by atoms with Crippen LogP contribution < -0.4 is 10.1 Å². The van der Waals surface area contributed by atoms with Crippen molar-refractivity contribution in [3.8, 4) is 5.75 Å². The van der Waals surface area contributed by atoms with E-state index < -0.39 is 0 Å². The molecular weight excluding hydrogens is 437 g/mol. The van der Waals surface area contributed by atoms with Crippen molar-refractivity contribution in [3.05, 3.63) is 75.9 Å². The van der Waals surface area contributed by atoms with Gasteiger partial charge in [0.25, 0.3) is 0 Å². The van der Waals surface area contributed by atoms with Gasteiger partial charge in [-0.05, 0) is 61.6 Å². The van der Waals surface area contributed by atoms with Crippen LogP contribution in [0.3, 0.4) is 0 Å². The number of nitrogens with one attached hydrogen (secondary N) is 1. The van der Waals surface area contributed by atoms with Crippen LogP contribution in [0.15, 0.2) is 54.9 Å². The number of halogens is 2. The Labute approximate surface area is 190 Å². The van der Waals surface area contributed by atoms with Crippen molar-refractivity contribution in [2.24, 2.45) is 0 Å². The number of nitrogens with zero attached hydrogens (tertiary/aromatic N) is 2. The second-order valence-electron chi connectivity index (χ2n) is 7.14. The lowest BCUT2D eigenvalue weighted by Gasteiger charge is -2.13. The Bertz CT molecular complexity index is 1160. The van der Waals surface area contributed by atoms with Gasteiger partial charge in [0.15, 0.2) is 0 Å². The minimum absolute atomic E-state index is 0. The molecule has 1 N–H and O–H groups in total. The van der Waals surface area contributed by atoms with Gasteiger partial charge < -0.3 is 10.1 Å². The van der Waals surface area contributed by atoms with Gasteiger partial charge in [-0.25, -0.2) is 9.97 Å². The van der Waals surface area contributed by atoms with Crippen LogP contribution in [-0.2, 0) is 19.4 Å². The monoisotopic (exact) mass is 457 g/mol. The topological polar surface area (TPSA) is 47.0 Å². The van der Waals surface area contributed by atoms with Crippen LogP contribution in [-0.4, -0.2) is 9.97 Å². The lowest BCUT2D eigenvalue weighted by molar-refractivity contribution is 0.306. The van der Waals surface area contributed by atoms with Gasteiger partial charge in [0.2, 0.25) is 0 Å². The Kier molecular flexibility index (Phi) is 6.42. The number of thiophene rings is 1. The lowest BCUT2D eigenvalue weighted by atomic mass is 9.97. The molecule has 0 saturated heterocycles. The van der Waals surface area contributed by atoms with Gasteiger partial charge in [0.05, 0.1) is 5.39 Å². The first kappa shape index (κ1) is 20.9. The van der Waals surface area contributed by atoms with Crippen LogP contribution >= 0.6 is 35.3 Å². The Balaban J connectivity index is 0.00000218. The summed E-state index contributed by atoms with van der Waals surface area (Å²) in [6.07, 6.45) is 6.43. The molecule has 7 heteroatoms. The minimum Gasteiger partial charge on any atom is -0.489 e. The quantitative estimate of drug-likeness (QED) is 0.351. The third-order valence-corrected chi connectivity index (χ3v) is 6.79. The summed E-state index contributed by atoms with van der Waals surface area (Å²) in [6.45, 7) is 0.444. The highest BCUT2D eigenvalue weighted by molar-refractivity contribution is 7.19. The molecule has 1 aliphatic rings. The molecule has 0 saturated carbocycles. The van der Waals surface area contributed by atoms with E-state index in [9.17, 15) is 0 Å². The van der Waals surface area contributed by atoms with E-state index in [-0.39, 0.29) is 12.4 Å². The fourth-order valence-corrected chi connectivity index (χ4v) is 5.15. The van der Waals surface area contributed by atoms with Gasteiger partial charge in [0, 0.05) is 21.2 Å². The van der Waals surface area contributed by atoms with E-state index in [2.05, 4.69) is 15.3 Å². The third-order valence-electron chi connectivity index (χ3n) is 5.22. The van der Waals surface area contributed by atoms with E-state index in [0.29, 0.717) is 6.61 Å². The summed E-state index contributed by atoms with van der Waals surface area (Å²) in [5, 5.41) is 5.38. The van der Waals surface area contributed by atoms with Crippen molar-refractivity contribution >= 4 is 57.1 Å². The molecule has 0 amide bonds. The maximum absolute atomic E-state index is 6.19. The summed E-state index contributed by atoms with van der Waals surface area (Å²) in [6, 6.07) is 15.7. The van der Waals surface area contributed by atoms with Crippen LogP contribution in [0, 0.1) is 0 Å². The summed E-state index contributed by atoms with van der Waals surface area (Å²) in [4.78, 5) is 11.6. The van der Waals surface area contributed by atoms with E-state index >= 15 is 0 Å². The van der Waals surface area contributed by atoms with E-state index in [1.54, 1.807) is 6.33 Å². The predicted molar refractivity (Wildman–Crippen MR) is 127 cm³/mol. The van der Waals surface area contributed by atoms with Crippen LogP contribution in [0.5, 0.6) is 5.75 Å². The highest BCUT2D eigenvalue weighted by Crippen LogP contribution is 2.38. The molecule has 0 radical (unpaired) electrons. The molecule has 0 unspecified atom stereocenters. The van der Waals surface area contributed by atoms with Crippen molar-refractivity contribution in [3.63, 3.8) is 0 Å². The fraction of sp³-hybridized carbons (Fsp3) is 0.217. The molecule has 0 bridgehead atoms. The zero-order chi connectivity index (χ0) is 19.6. The summed E-state index contributed by atoms with van der Waals surface area (Å²) < 4.78 is 5.87. The zero-order valence-corrected chi connectivity index (χ0v) is 18.6. The number of fused-ring (bicyclic) bond motifs is 3. The maximum atomic E-state index is 6.19. The van der Waals surface area contributed by atoms with Crippen molar-refractivity contribution in [1.29, 1.82) is 0 Å². The summed E-state index contributed by atoms with van der Waals surface area (Å²) >= 11 is 8.00. The molecule has 0 spiro atoms. The zero-order valence-electron chi connectivity index (χ0n) is 16.2.